The third-order valence-electron chi connectivity index (χ3n) is 5.42. The van der Waals surface area contributed by atoms with Crippen molar-refractivity contribution >= 4 is 38.2 Å². The molecule has 152 valence electrons. The highest BCUT2D eigenvalue weighted by molar-refractivity contribution is 7.91. The Morgan fingerprint density at radius 3 is 2.86 bits per heavy atom. The van der Waals surface area contributed by atoms with E-state index < -0.39 is 10.0 Å². The van der Waals surface area contributed by atoms with Crippen molar-refractivity contribution in [3.05, 3.63) is 48.2 Å². The van der Waals surface area contributed by atoms with Gasteiger partial charge in [-0.15, -0.1) is 11.3 Å². The van der Waals surface area contributed by atoms with Crippen molar-refractivity contribution in [2.45, 2.75) is 24.0 Å². The lowest BCUT2D eigenvalue weighted by molar-refractivity contribution is -0.125. The van der Waals surface area contributed by atoms with Gasteiger partial charge in [-0.05, 0) is 49.6 Å². The Morgan fingerprint density at radius 2 is 2.07 bits per heavy atom. The van der Waals surface area contributed by atoms with Gasteiger partial charge in [-0.25, -0.2) is 8.42 Å². The van der Waals surface area contributed by atoms with Crippen molar-refractivity contribution in [1.29, 1.82) is 0 Å². The molecule has 1 saturated heterocycles. The molecule has 8 heteroatoms. The Morgan fingerprint density at radius 1 is 1.24 bits per heavy atom. The van der Waals surface area contributed by atoms with Gasteiger partial charge in [0, 0.05) is 42.2 Å². The van der Waals surface area contributed by atoms with E-state index in [1.54, 1.807) is 19.3 Å². The van der Waals surface area contributed by atoms with Crippen LogP contribution >= 0.6 is 11.3 Å². The van der Waals surface area contributed by atoms with Crippen molar-refractivity contribution in [2.24, 2.45) is 5.92 Å². The summed E-state index contributed by atoms with van der Waals surface area (Å²) in [4.78, 5) is 17.3. The number of aryl methyl sites for hydroxylation is 1. The monoisotopic (exact) mass is 429 g/mol. The minimum atomic E-state index is -3.63. The molecule has 29 heavy (non-hydrogen) atoms. The normalized spacial score (nSPS) is 18.1. The summed E-state index contributed by atoms with van der Waals surface area (Å²) in [6, 6.07) is 11.4. The molecule has 1 aromatic carbocycles. The second-order valence-corrected chi connectivity index (χ2v) is 10.5. The van der Waals surface area contributed by atoms with Crippen LogP contribution in [0.4, 0.5) is 0 Å². The highest BCUT2D eigenvalue weighted by Crippen LogP contribution is 2.38. The second kappa shape index (κ2) is 7.85. The summed E-state index contributed by atoms with van der Waals surface area (Å²) in [6.45, 7) is 2.70. The lowest BCUT2D eigenvalue weighted by Gasteiger charge is -2.30. The number of carbonyl (C=O) groups excluding carboxylic acids is 1. The number of thiophene rings is 1. The summed E-state index contributed by atoms with van der Waals surface area (Å²) in [5.74, 6) is -0.398. The molecule has 0 aliphatic carbocycles. The number of amides is 1. The van der Waals surface area contributed by atoms with Gasteiger partial charge in [0.15, 0.2) is 0 Å². The number of sulfonamides is 1. The maximum atomic E-state index is 13.2. The molecular formula is C21H23N3O3S2. The third kappa shape index (κ3) is 3.68. The topological polar surface area (TPSA) is 79.4 Å². The SMILES string of the molecule is CNC(=O)C1CCCN(S(=O)(=O)c2ccc(-c3c(C)ccc4ncccc34)s2)C1. The number of hydrogen-bond donors (Lipinski definition) is 1. The van der Waals surface area contributed by atoms with Gasteiger partial charge in [-0.1, -0.05) is 12.1 Å². The molecule has 6 nitrogen and oxygen atoms in total. The third-order valence-corrected chi connectivity index (χ3v) is 8.85. The summed E-state index contributed by atoms with van der Waals surface area (Å²) >= 11 is 1.27. The van der Waals surface area contributed by atoms with E-state index in [-0.39, 0.29) is 18.4 Å². The minimum Gasteiger partial charge on any atom is -0.359 e. The Labute approximate surface area is 174 Å². The van der Waals surface area contributed by atoms with Crippen molar-refractivity contribution in [1.82, 2.24) is 14.6 Å². The first-order valence-electron chi connectivity index (χ1n) is 9.58. The van der Waals surface area contributed by atoms with Crippen LogP contribution in [0.25, 0.3) is 21.3 Å². The van der Waals surface area contributed by atoms with E-state index in [1.165, 1.54) is 15.6 Å². The molecule has 1 N–H and O–H groups in total. The van der Waals surface area contributed by atoms with Crippen LogP contribution in [0.15, 0.2) is 46.8 Å². The van der Waals surface area contributed by atoms with Gasteiger partial charge >= 0.3 is 0 Å². The largest absolute Gasteiger partial charge is 0.359 e. The molecule has 1 aliphatic heterocycles. The Hall–Kier alpha value is -2.29. The Balaban J connectivity index is 1.69. The van der Waals surface area contributed by atoms with Gasteiger partial charge in [0.1, 0.15) is 4.21 Å². The molecule has 4 rings (SSSR count). The van der Waals surface area contributed by atoms with Crippen LogP contribution in [0.5, 0.6) is 0 Å². The quantitative estimate of drug-likeness (QED) is 0.689. The molecule has 3 aromatic rings. The summed E-state index contributed by atoms with van der Waals surface area (Å²) in [7, 11) is -2.05. The number of benzene rings is 1. The fourth-order valence-corrected chi connectivity index (χ4v) is 7.00. The molecule has 0 radical (unpaired) electrons. The molecule has 0 saturated carbocycles. The maximum absolute atomic E-state index is 13.2. The van der Waals surface area contributed by atoms with Crippen LogP contribution in [0.3, 0.4) is 0 Å². The van der Waals surface area contributed by atoms with E-state index in [2.05, 4.69) is 10.3 Å². The zero-order chi connectivity index (χ0) is 20.6. The van der Waals surface area contributed by atoms with E-state index in [4.69, 9.17) is 0 Å². The van der Waals surface area contributed by atoms with Gasteiger partial charge in [0.25, 0.3) is 10.0 Å². The average molecular weight is 430 g/mol. The number of nitrogens with zero attached hydrogens (tertiary/aromatic N) is 2. The highest BCUT2D eigenvalue weighted by Gasteiger charge is 2.34. The molecule has 1 unspecified atom stereocenters. The second-order valence-electron chi connectivity index (χ2n) is 7.26. The smallest absolute Gasteiger partial charge is 0.252 e. The Kier molecular flexibility index (Phi) is 5.42. The van der Waals surface area contributed by atoms with Crippen molar-refractivity contribution < 1.29 is 13.2 Å². The van der Waals surface area contributed by atoms with Crippen LogP contribution in [0, 0.1) is 12.8 Å². The number of carbonyl (C=O) groups is 1. The lowest BCUT2D eigenvalue weighted by atomic mass is 9.99. The number of piperidine rings is 1. The highest BCUT2D eigenvalue weighted by atomic mass is 32.2. The van der Waals surface area contributed by atoms with E-state index in [0.717, 1.165) is 26.9 Å². The number of nitrogens with one attached hydrogen (secondary N) is 1. The summed E-state index contributed by atoms with van der Waals surface area (Å²) in [5.41, 5.74) is 2.98. The standard InChI is InChI=1S/C21H23N3O3S2/c1-14-7-8-17-16(6-3-11-23-17)20(14)18-9-10-19(28-18)29(26,27)24-12-4-5-15(13-24)21(25)22-2/h3,6-11,15H,4-5,12-13H2,1-2H3,(H,22,25). The van der Waals surface area contributed by atoms with Gasteiger partial charge in [-0.3, -0.25) is 9.78 Å². The van der Waals surface area contributed by atoms with E-state index in [0.29, 0.717) is 23.6 Å². The van der Waals surface area contributed by atoms with Crippen LogP contribution in [-0.4, -0.2) is 43.8 Å². The number of fused-ring (bicyclic) bond motifs is 1. The van der Waals surface area contributed by atoms with E-state index in [9.17, 15) is 13.2 Å². The Bertz CT molecular complexity index is 1170. The van der Waals surface area contributed by atoms with Gasteiger partial charge in [0.05, 0.1) is 11.4 Å². The van der Waals surface area contributed by atoms with Crippen LogP contribution in [0.2, 0.25) is 0 Å². The van der Waals surface area contributed by atoms with Gasteiger partial charge in [0.2, 0.25) is 5.91 Å². The molecule has 1 amide bonds. The first kappa shape index (κ1) is 20.0. The average Bonchev–Trinajstić information content (AvgIpc) is 3.23. The molecular weight excluding hydrogens is 406 g/mol. The van der Waals surface area contributed by atoms with E-state index in [1.807, 2.05) is 37.3 Å². The predicted molar refractivity (Wildman–Crippen MR) is 115 cm³/mol. The fourth-order valence-electron chi connectivity index (χ4n) is 3.89. The minimum absolute atomic E-state index is 0.101. The summed E-state index contributed by atoms with van der Waals surface area (Å²) in [5, 5.41) is 3.64. The molecule has 3 heterocycles. The maximum Gasteiger partial charge on any atom is 0.252 e. The van der Waals surface area contributed by atoms with Gasteiger partial charge < -0.3 is 5.32 Å². The molecule has 0 bridgehead atoms. The van der Waals surface area contributed by atoms with Crippen LogP contribution < -0.4 is 5.32 Å². The van der Waals surface area contributed by atoms with Crippen molar-refractivity contribution in [3.63, 3.8) is 0 Å². The van der Waals surface area contributed by atoms with Gasteiger partial charge in [-0.2, -0.15) is 4.31 Å². The zero-order valence-electron chi connectivity index (χ0n) is 16.4. The predicted octanol–water partition coefficient (Wildman–Crippen LogP) is 3.42. The number of hydrogen-bond acceptors (Lipinski definition) is 5. The van der Waals surface area contributed by atoms with Crippen LogP contribution in [-0.2, 0) is 14.8 Å². The molecule has 0 spiro atoms. The lowest BCUT2D eigenvalue weighted by Crippen LogP contribution is -2.44. The number of rotatable bonds is 4. The van der Waals surface area contributed by atoms with E-state index >= 15 is 0 Å². The summed E-state index contributed by atoms with van der Waals surface area (Å²) in [6.07, 6.45) is 3.15. The molecule has 1 aliphatic rings. The van der Waals surface area contributed by atoms with Crippen molar-refractivity contribution in [2.75, 3.05) is 20.1 Å². The summed E-state index contributed by atoms with van der Waals surface area (Å²) < 4.78 is 28.2. The van der Waals surface area contributed by atoms with Crippen molar-refractivity contribution in [3.8, 4) is 10.4 Å². The first-order chi connectivity index (χ1) is 13.9. The number of pyridine rings is 1. The number of aromatic nitrogens is 1. The van der Waals surface area contributed by atoms with Crippen LogP contribution in [0.1, 0.15) is 18.4 Å². The molecule has 2 aromatic heterocycles. The molecule has 1 atom stereocenters. The molecule has 1 fully saturated rings. The first-order valence-corrected chi connectivity index (χ1v) is 11.8. The zero-order valence-corrected chi connectivity index (χ0v) is 18.0. The fraction of sp³-hybridized carbons (Fsp3) is 0.333.